The van der Waals surface area contributed by atoms with Gasteiger partial charge in [0.2, 0.25) is 0 Å². The summed E-state index contributed by atoms with van der Waals surface area (Å²) in [5.41, 5.74) is 8.62. The first kappa shape index (κ1) is 13.4. The zero-order valence-corrected chi connectivity index (χ0v) is 13.1. The van der Waals surface area contributed by atoms with Crippen LogP contribution < -0.4 is 0 Å². The summed E-state index contributed by atoms with van der Waals surface area (Å²) in [6, 6.07) is 22.7. The van der Waals surface area contributed by atoms with Crippen LogP contribution in [0.4, 0.5) is 11.4 Å². The van der Waals surface area contributed by atoms with Gasteiger partial charge in [-0.1, -0.05) is 42.5 Å². The fourth-order valence-electron chi connectivity index (χ4n) is 3.32. The molecule has 114 valence electrons. The molecule has 0 saturated carbocycles. The lowest BCUT2D eigenvalue weighted by atomic mass is 10.1. The summed E-state index contributed by atoms with van der Waals surface area (Å²) in [6.45, 7) is 0. The van der Waals surface area contributed by atoms with Crippen LogP contribution in [-0.4, -0.2) is 16.4 Å². The summed E-state index contributed by atoms with van der Waals surface area (Å²) in [4.78, 5) is 14.3. The van der Waals surface area contributed by atoms with Gasteiger partial charge in [-0.3, -0.25) is 9.98 Å². The third-order valence-electron chi connectivity index (χ3n) is 4.55. The number of para-hydroxylation sites is 2. The van der Waals surface area contributed by atoms with Crippen molar-refractivity contribution in [3.05, 3.63) is 89.2 Å². The predicted octanol–water partition coefficient (Wildman–Crippen LogP) is 4.44. The molecule has 0 amide bonds. The number of hydrogen-bond acceptors (Lipinski definition) is 3. The summed E-state index contributed by atoms with van der Waals surface area (Å²) in [5, 5.41) is 0. The highest BCUT2D eigenvalue weighted by molar-refractivity contribution is 6.08. The SMILES string of the molecule is c1cc(C2=Nc3ccccc3C2)nc(C2=Nc3ccccc3C2)c1. The molecule has 0 unspecified atom stereocenters. The van der Waals surface area contributed by atoms with Gasteiger partial charge in [-0.15, -0.1) is 0 Å². The Kier molecular flexibility index (Phi) is 2.92. The first-order valence-electron chi connectivity index (χ1n) is 8.15. The zero-order valence-electron chi connectivity index (χ0n) is 13.1. The van der Waals surface area contributed by atoms with Crippen LogP contribution in [0.1, 0.15) is 22.5 Å². The largest absolute Gasteiger partial charge is 0.251 e. The molecule has 3 aromatic rings. The second kappa shape index (κ2) is 5.24. The smallest absolute Gasteiger partial charge is 0.0856 e. The van der Waals surface area contributed by atoms with Gasteiger partial charge in [0.25, 0.3) is 0 Å². The van der Waals surface area contributed by atoms with E-state index < -0.39 is 0 Å². The Hall–Kier alpha value is -3.07. The van der Waals surface area contributed by atoms with E-state index in [0.29, 0.717) is 0 Å². The van der Waals surface area contributed by atoms with Gasteiger partial charge in [0.1, 0.15) is 0 Å². The molecule has 3 heteroatoms. The van der Waals surface area contributed by atoms with Crippen LogP contribution >= 0.6 is 0 Å². The molecule has 0 bridgehead atoms. The average molecular weight is 309 g/mol. The van der Waals surface area contributed by atoms with Gasteiger partial charge in [0, 0.05) is 12.8 Å². The average Bonchev–Trinajstić information content (AvgIpc) is 3.26. The second-order valence-corrected chi connectivity index (χ2v) is 6.14. The molecule has 0 fully saturated rings. The Bertz CT molecular complexity index is 936. The Morgan fingerprint density at radius 3 is 1.54 bits per heavy atom. The maximum atomic E-state index is 4.84. The summed E-state index contributed by atoms with van der Waals surface area (Å²) in [5.74, 6) is 0. The maximum absolute atomic E-state index is 4.84. The van der Waals surface area contributed by atoms with E-state index in [0.717, 1.165) is 47.0 Å². The first-order valence-corrected chi connectivity index (χ1v) is 8.15. The lowest BCUT2D eigenvalue weighted by molar-refractivity contribution is 1.22. The third kappa shape index (κ3) is 2.17. The van der Waals surface area contributed by atoms with Crippen molar-refractivity contribution in [2.24, 2.45) is 9.98 Å². The van der Waals surface area contributed by atoms with Crippen molar-refractivity contribution in [1.82, 2.24) is 4.98 Å². The number of aromatic nitrogens is 1. The van der Waals surface area contributed by atoms with Crippen LogP contribution in [0.3, 0.4) is 0 Å². The molecule has 0 spiro atoms. The number of nitrogens with zero attached hydrogens (tertiary/aromatic N) is 3. The molecule has 2 aliphatic heterocycles. The second-order valence-electron chi connectivity index (χ2n) is 6.14. The minimum Gasteiger partial charge on any atom is -0.251 e. The Labute approximate surface area is 140 Å². The molecule has 0 saturated heterocycles. The Balaban J connectivity index is 1.49. The lowest BCUT2D eigenvalue weighted by Gasteiger charge is -2.04. The monoisotopic (exact) mass is 309 g/mol. The number of benzene rings is 2. The first-order chi connectivity index (χ1) is 11.9. The van der Waals surface area contributed by atoms with Crippen molar-refractivity contribution in [3.63, 3.8) is 0 Å². The van der Waals surface area contributed by atoms with E-state index in [1.54, 1.807) is 0 Å². The van der Waals surface area contributed by atoms with Gasteiger partial charge in [0.15, 0.2) is 0 Å². The highest BCUT2D eigenvalue weighted by atomic mass is 14.9. The molecular formula is C21H15N3. The van der Waals surface area contributed by atoms with Crippen molar-refractivity contribution in [3.8, 4) is 0 Å². The molecule has 3 nitrogen and oxygen atoms in total. The number of rotatable bonds is 2. The highest BCUT2D eigenvalue weighted by Gasteiger charge is 2.19. The molecule has 2 aliphatic rings. The fraction of sp³-hybridized carbons (Fsp3) is 0.0952. The number of aliphatic imine (C=N–C) groups is 2. The van der Waals surface area contributed by atoms with Crippen LogP contribution in [0.25, 0.3) is 0 Å². The van der Waals surface area contributed by atoms with Crippen LogP contribution in [0.2, 0.25) is 0 Å². The normalized spacial score (nSPS) is 14.8. The van der Waals surface area contributed by atoms with Gasteiger partial charge in [-0.25, -0.2) is 4.98 Å². The van der Waals surface area contributed by atoms with Gasteiger partial charge < -0.3 is 0 Å². The summed E-state index contributed by atoms with van der Waals surface area (Å²) in [6.07, 6.45) is 1.69. The van der Waals surface area contributed by atoms with E-state index in [4.69, 9.17) is 15.0 Å². The van der Waals surface area contributed by atoms with Crippen molar-refractivity contribution in [2.75, 3.05) is 0 Å². The van der Waals surface area contributed by atoms with Crippen LogP contribution in [-0.2, 0) is 12.8 Å². The number of pyridine rings is 1. The minimum absolute atomic E-state index is 0.847. The summed E-state index contributed by atoms with van der Waals surface area (Å²) in [7, 11) is 0. The molecule has 0 atom stereocenters. The zero-order chi connectivity index (χ0) is 15.9. The Morgan fingerprint density at radius 1 is 0.542 bits per heavy atom. The maximum Gasteiger partial charge on any atom is 0.0856 e. The molecule has 5 rings (SSSR count). The molecule has 0 radical (unpaired) electrons. The van der Waals surface area contributed by atoms with Gasteiger partial charge >= 0.3 is 0 Å². The third-order valence-corrected chi connectivity index (χ3v) is 4.55. The highest BCUT2D eigenvalue weighted by Crippen LogP contribution is 2.29. The standard InChI is InChI=1S/C21H15N3/c1-3-8-16-14(6-1)12-20(22-16)18-10-5-11-19(24-18)21-13-15-7-2-4-9-17(15)23-21/h1-11H,12-13H2. The number of fused-ring (bicyclic) bond motifs is 2. The van der Waals surface area contributed by atoms with Crippen LogP contribution in [0.15, 0.2) is 76.7 Å². The molecule has 3 heterocycles. The molecule has 1 aromatic heterocycles. The van der Waals surface area contributed by atoms with E-state index in [1.165, 1.54) is 11.1 Å². The molecule has 0 aliphatic carbocycles. The van der Waals surface area contributed by atoms with E-state index in [-0.39, 0.29) is 0 Å². The lowest BCUT2D eigenvalue weighted by Crippen LogP contribution is -2.09. The van der Waals surface area contributed by atoms with E-state index in [1.807, 2.05) is 24.3 Å². The number of hydrogen-bond donors (Lipinski definition) is 0. The van der Waals surface area contributed by atoms with E-state index in [2.05, 4.69) is 42.5 Å². The van der Waals surface area contributed by atoms with E-state index in [9.17, 15) is 0 Å². The molecule has 2 aromatic carbocycles. The van der Waals surface area contributed by atoms with Crippen molar-refractivity contribution < 1.29 is 0 Å². The van der Waals surface area contributed by atoms with Crippen molar-refractivity contribution in [1.29, 1.82) is 0 Å². The van der Waals surface area contributed by atoms with Gasteiger partial charge in [0.05, 0.1) is 34.2 Å². The van der Waals surface area contributed by atoms with E-state index >= 15 is 0 Å². The van der Waals surface area contributed by atoms with Gasteiger partial charge in [-0.05, 0) is 35.4 Å². The molecular weight excluding hydrogens is 294 g/mol. The fourth-order valence-corrected chi connectivity index (χ4v) is 3.32. The predicted molar refractivity (Wildman–Crippen MR) is 96.9 cm³/mol. The van der Waals surface area contributed by atoms with Crippen molar-refractivity contribution in [2.45, 2.75) is 12.8 Å². The van der Waals surface area contributed by atoms with Crippen LogP contribution in [0, 0.1) is 0 Å². The van der Waals surface area contributed by atoms with Crippen molar-refractivity contribution >= 4 is 22.8 Å². The Morgan fingerprint density at radius 2 is 1.04 bits per heavy atom. The topological polar surface area (TPSA) is 37.6 Å². The van der Waals surface area contributed by atoms with Gasteiger partial charge in [-0.2, -0.15) is 0 Å². The summed E-state index contributed by atoms with van der Waals surface area (Å²) < 4.78 is 0. The molecule has 0 N–H and O–H groups in total. The van der Waals surface area contributed by atoms with Crippen LogP contribution in [0.5, 0.6) is 0 Å². The summed E-state index contributed by atoms with van der Waals surface area (Å²) >= 11 is 0. The quantitative estimate of drug-likeness (QED) is 0.690. The minimum atomic E-state index is 0.847. The molecule has 24 heavy (non-hydrogen) atoms.